The van der Waals surface area contributed by atoms with E-state index < -0.39 is 0 Å². The van der Waals surface area contributed by atoms with E-state index in [-0.39, 0.29) is 12.3 Å². The number of hydrogen-bond acceptors (Lipinski definition) is 6. The lowest BCUT2D eigenvalue weighted by molar-refractivity contribution is -0.117. The first kappa shape index (κ1) is 20.9. The number of anilines is 2. The molecule has 0 aliphatic rings. The third kappa shape index (κ3) is 4.49. The van der Waals surface area contributed by atoms with E-state index in [4.69, 9.17) is 14.1 Å². The topological polar surface area (TPSA) is 68.5 Å². The van der Waals surface area contributed by atoms with E-state index in [0.717, 1.165) is 21.5 Å². The van der Waals surface area contributed by atoms with Gasteiger partial charge in [-0.1, -0.05) is 41.7 Å². The minimum Gasteiger partial charge on any atom is -0.494 e. The minimum absolute atomic E-state index is 0.0828. The Kier molecular flexibility index (Phi) is 5.87. The van der Waals surface area contributed by atoms with Crippen molar-refractivity contribution in [2.24, 2.45) is 0 Å². The van der Waals surface area contributed by atoms with Crippen molar-refractivity contribution >= 4 is 38.3 Å². The zero-order valence-corrected chi connectivity index (χ0v) is 18.8. The molecular weight excluding hydrogens is 434 g/mol. The SMILES string of the molecule is CCOc1ccc(N(C(=O)Cc2coc(-c3ccccc3)n2)c2nc3ccccc3s2)cc1. The van der Waals surface area contributed by atoms with Gasteiger partial charge in [0.1, 0.15) is 12.0 Å². The predicted molar refractivity (Wildman–Crippen MR) is 130 cm³/mol. The largest absolute Gasteiger partial charge is 0.494 e. The molecule has 164 valence electrons. The molecule has 5 rings (SSSR count). The average Bonchev–Trinajstić information content (AvgIpc) is 3.48. The molecule has 0 spiro atoms. The highest BCUT2D eigenvalue weighted by Gasteiger charge is 2.23. The number of carbonyl (C=O) groups is 1. The van der Waals surface area contributed by atoms with Crippen LogP contribution in [0.3, 0.4) is 0 Å². The second kappa shape index (κ2) is 9.26. The van der Waals surface area contributed by atoms with Crippen molar-refractivity contribution in [1.82, 2.24) is 9.97 Å². The highest BCUT2D eigenvalue weighted by Crippen LogP contribution is 2.34. The fourth-order valence-corrected chi connectivity index (χ4v) is 4.51. The summed E-state index contributed by atoms with van der Waals surface area (Å²) < 4.78 is 12.2. The zero-order chi connectivity index (χ0) is 22.6. The highest BCUT2D eigenvalue weighted by molar-refractivity contribution is 7.22. The van der Waals surface area contributed by atoms with E-state index in [1.54, 1.807) is 4.90 Å². The van der Waals surface area contributed by atoms with Crippen molar-refractivity contribution in [1.29, 1.82) is 0 Å². The summed E-state index contributed by atoms with van der Waals surface area (Å²) in [7, 11) is 0. The molecule has 0 radical (unpaired) electrons. The molecule has 7 heteroatoms. The number of benzene rings is 3. The number of aromatic nitrogens is 2. The molecule has 2 aromatic heterocycles. The molecule has 0 atom stereocenters. The van der Waals surface area contributed by atoms with Crippen LogP contribution in [0.4, 0.5) is 10.8 Å². The maximum Gasteiger partial charge on any atom is 0.239 e. The number of oxazole rings is 1. The van der Waals surface area contributed by atoms with Crippen molar-refractivity contribution in [2.75, 3.05) is 11.5 Å². The van der Waals surface area contributed by atoms with Crippen molar-refractivity contribution in [2.45, 2.75) is 13.3 Å². The van der Waals surface area contributed by atoms with Crippen LogP contribution in [0.25, 0.3) is 21.7 Å². The van der Waals surface area contributed by atoms with Gasteiger partial charge in [0.15, 0.2) is 5.13 Å². The number of fused-ring (bicyclic) bond motifs is 1. The normalized spacial score (nSPS) is 10.9. The van der Waals surface area contributed by atoms with Crippen molar-refractivity contribution in [3.63, 3.8) is 0 Å². The number of carbonyl (C=O) groups excluding carboxylic acids is 1. The van der Waals surface area contributed by atoms with Gasteiger partial charge in [0.2, 0.25) is 11.8 Å². The van der Waals surface area contributed by atoms with Crippen molar-refractivity contribution in [3.8, 4) is 17.2 Å². The number of rotatable bonds is 7. The Balaban J connectivity index is 1.47. The second-order valence-corrected chi connectivity index (χ2v) is 8.32. The van der Waals surface area contributed by atoms with Crippen LogP contribution in [0.1, 0.15) is 12.6 Å². The lowest BCUT2D eigenvalue weighted by atomic mass is 10.2. The quantitative estimate of drug-likeness (QED) is 0.290. The Labute approximate surface area is 195 Å². The van der Waals surface area contributed by atoms with Crippen LogP contribution in [0, 0.1) is 0 Å². The number of amides is 1. The van der Waals surface area contributed by atoms with Gasteiger partial charge in [-0.3, -0.25) is 9.69 Å². The molecule has 6 nitrogen and oxygen atoms in total. The first-order chi connectivity index (χ1) is 16.2. The van der Waals surface area contributed by atoms with Crippen LogP contribution < -0.4 is 9.64 Å². The average molecular weight is 456 g/mol. The summed E-state index contributed by atoms with van der Waals surface area (Å²) in [5, 5.41) is 0.608. The molecule has 0 fully saturated rings. The number of para-hydroxylation sites is 1. The van der Waals surface area contributed by atoms with Gasteiger partial charge >= 0.3 is 0 Å². The van der Waals surface area contributed by atoms with E-state index in [0.29, 0.717) is 29.0 Å². The summed E-state index contributed by atoms with van der Waals surface area (Å²) >= 11 is 1.47. The molecule has 2 heterocycles. The molecule has 0 aliphatic heterocycles. The summed E-state index contributed by atoms with van der Waals surface area (Å²) in [4.78, 5) is 24.4. The molecule has 33 heavy (non-hydrogen) atoms. The molecule has 3 aromatic carbocycles. The van der Waals surface area contributed by atoms with Crippen molar-refractivity contribution < 1.29 is 13.9 Å². The summed E-state index contributed by atoms with van der Waals surface area (Å²) in [6.07, 6.45) is 1.62. The van der Waals surface area contributed by atoms with Crippen LogP contribution in [-0.4, -0.2) is 22.5 Å². The van der Waals surface area contributed by atoms with Gasteiger partial charge in [0.25, 0.3) is 0 Å². The molecule has 5 aromatic rings. The van der Waals surface area contributed by atoms with Gasteiger partial charge in [-0.25, -0.2) is 9.97 Å². The number of nitrogens with zero attached hydrogens (tertiary/aromatic N) is 3. The van der Waals surface area contributed by atoms with E-state index >= 15 is 0 Å². The van der Waals surface area contributed by atoms with Crippen LogP contribution in [0.5, 0.6) is 5.75 Å². The Morgan fingerprint density at radius 2 is 1.73 bits per heavy atom. The molecule has 0 saturated heterocycles. The maximum atomic E-state index is 13.5. The smallest absolute Gasteiger partial charge is 0.239 e. The monoisotopic (exact) mass is 455 g/mol. The third-order valence-electron chi connectivity index (χ3n) is 5.03. The second-order valence-electron chi connectivity index (χ2n) is 7.31. The first-order valence-corrected chi connectivity index (χ1v) is 11.4. The van der Waals surface area contributed by atoms with Gasteiger partial charge in [-0.15, -0.1) is 0 Å². The number of ether oxygens (including phenoxy) is 1. The molecule has 0 unspecified atom stereocenters. The van der Waals surface area contributed by atoms with E-state index in [1.165, 1.54) is 17.6 Å². The van der Waals surface area contributed by atoms with E-state index in [9.17, 15) is 4.79 Å². The molecule has 0 saturated carbocycles. The van der Waals surface area contributed by atoms with Gasteiger partial charge in [0.05, 0.1) is 34.6 Å². The lowest BCUT2D eigenvalue weighted by Gasteiger charge is -2.20. The van der Waals surface area contributed by atoms with E-state index in [1.807, 2.05) is 85.8 Å². The molecule has 0 N–H and O–H groups in total. The van der Waals surface area contributed by atoms with Gasteiger partial charge < -0.3 is 9.15 Å². The standard InChI is InChI=1S/C26H21N3O3S/c1-2-31-21-14-12-20(13-15-21)29(26-28-22-10-6-7-11-23(22)33-26)24(30)16-19-17-32-25(27-19)18-8-4-3-5-9-18/h3-15,17H,2,16H2,1H3. The maximum absolute atomic E-state index is 13.5. The Morgan fingerprint density at radius 1 is 0.970 bits per heavy atom. The summed E-state index contributed by atoms with van der Waals surface area (Å²) in [6.45, 7) is 2.52. The van der Waals surface area contributed by atoms with Crippen LogP contribution in [-0.2, 0) is 11.2 Å². The third-order valence-corrected chi connectivity index (χ3v) is 6.06. The first-order valence-electron chi connectivity index (χ1n) is 10.6. The molecular formula is C26H21N3O3S. The van der Waals surface area contributed by atoms with Crippen LogP contribution in [0.2, 0.25) is 0 Å². The summed E-state index contributed by atoms with van der Waals surface area (Å²) in [6, 6.07) is 24.9. The Bertz CT molecular complexity index is 1340. The van der Waals surface area contributed by atoms with E-state index in [2.05, 4.69) is 4.98 Å². The van der Waals surface area contributed by atoms with Crippen LogP contribution in [0.15, 0.2) is 89.5 Å². The predicted octanol–water partition coefficient (Wildman–Crippen LogP) is 6.26. The fraction of sp³-hybridized carbons (Fsp3) is 0.115. The molecule has 0 aliphatic carbocycles. The fourth-order valence-electron chi connectivity index (χ4n) is 3.51. The number of thiazole rings is 1. The zero-order valence-electron chi connectivity index (χ0n) is 18.0. The minimum atomic E-state index is -0.147. The number of hydrogen-bond donors (Lipinski definition) is 0. The Morgan fingerprint density at radius 3 is 2.48 bits per heavy atom. The Hall–Kier alpha value is -3.97. The highest BCUT2D eigenvalue weighted by atomic mass is 32.1. The van der Waals surface area contributed by atoms with Gasteiger partial charge in [-0.2, -0.15) is 0 Å². The summed E-state index contributed by atoms with van der Waals surface area (Å²) in [5.41, 5.74) is 3.00. The molecule has 1 amide bonds. The summed E-state index contributed by atoms with van der Waals surface area (Å²) in [5.74, 6) is 1.10. The van der Waals surface area contributed by atoms with Crippen molar-refractivity contribution in [3.05, 3.63) is 90.8 Å². The van der Waals surface area contributed by atoms with Crippen LogP contribution >= 0.6 is 11.3 Å². The van der Waals surface area contributed by atoms with Gasteiger partial charge in [-0.05, 0) is 55.5 Å². The lowest BCUT2D eigenvalue weighted by Crippen LogP contribution is -2.27. The molecule has 0 bridgehead atoms. The van der Waals surface area contributed by atoms with Gasteiger partial charge in [0, 0.05) is 5.56 Å².